The lowest BCUT2D eigenvalue weighted by atomic mass is 10.2. The van der Waals surface area contributed by atoms with Gasteiger partial charge in [0.1, 0.15) is 11.3 Å². The van der Waals surface area contributed by atoms with Crippen molar-refractivity contribution in [1.29, 1.82) is 0 Å². The predicted molar refractivity (Wildman–Crippen MR) is 71.9 cm³/mol. The van der Waals surface area contributed by atoms with E-state index >= 15 is 0 Å². The maximum atomic E-state index is 12.0. The maximum absolute atomic E-state index is 12.0. The van der Waals surface area contributed by atoms with E-state index in [0.717, 1.165) is 11.3 Å². The van der Waals surface area contributed by atoms with E-state index in [0.29, 0.717) is 16.6 Å². The zero-order chi connectivity index (χ0) is 13.1. The minimum Gasteiger partial charge on any atom is -0.367 e. The van der Waals surface area contributed by atoms with E-state index in [4.69, 9.17) is 21.9 Å². The molecule has 18 heavy (non-hydrogen) atoms. The predicted octanol–water partition coefficient (Wildman–Crippen LogP) is 2.78. The second kappa shape index (κ2) is 5.41. The third kappa shape index (κ3) is 2.49. The fourth-order valence-electron chi connectivity index (χ4n) is 1.46. The van der Waals surface area contributed by atoms with Crippen molar-refractivity contribution in [3.05, 3.63) is 22.0 Å². The van der Waals surface area contributed by atoms with Crippen LogP contribution in [0.1, 0.15) is 23.7 Å². The summed E-state index contributed by atoms with van der Waals surface area (Å²) in [6, 6.07) is 3.51. The molecule has 0 fully saturated rings. The van der Waals surface area contributed by atoms with Crippen LogP contribution in [0.5, 0.6) is 0 Å². The average molecular weight is 286 g/mol. The molecule has 0 aliphatic heterocycles. The third-order valence-corrected chi connectivity index (χ3v) is 3.53. The van der Waals surface area contributed by atoms with Gasteiger partial charge < -0.3 is 15.6 Å². The molecule has 2 aromatic heterocycles. The normalized spacial score (nSPS) is 10.6. The number of anilines is 1. The quantitative estimate of drug-likeness (QED) is 0.905. The topological polar surface area (TPSA) is 81.2 Å². The second-order valence-corrected chi connectivity index (χ2v) is 5.35. The fraction of sp³-hybridized carbons (Fsp3) is 0.273. The first-order valence-electron chi connectivity index (χ1n) is 5.42. The van der Waals surface area contributed by atoms with Crippen LogP contribution < -0.4 is 11.1 Å². The van der Waals surface area contributed by atoms with Crippen LogP contribution in [0.3, 0.4) is 0 Å². The number of rotatable bonds is 4. The van der Waals surface area contributed by atoms with E-state index in [-0.39, 0.29) is 17.4 Å². The molecule has 2 aromatic rings. The number of hydrogen-bond donors (Lipinski definition) is 2. The Hall–Kier alpha value is -1.53. The molecule has 0 saturated heterocycles. The van der Waals surface area contributed by atoms with Crippen LogP contribution in [0.4, 0.5) is 5.88 Å². The molecule has 3 N–H and O–H groups in total. The fourth-order valence-corrected chi connectivity index (χ4v) is 2.49. The SMILES string of the molecule is CCCNC(=O)c1c(-c2ccc(Cl)s2)noc1N. The largest absolute Gasteiger partial charge is 0.367 e. The first kappa shape index (κ1) is 12.9. The van der Waals surface area contributed by atoms with Gasteiger partial charge in [-0.15, -0.1) is 11.3 Å². The molecule has 0 atom stereocenters. The maximum Gasteiger partial charge on any atom is 0.259 e. The lowest BCUT2D eigenvalue weighted by Gasteiger charge is -2.02. The Balaban J connectivity index is 2.35. The van der Waals surface area contributed by atoms with Gasteiger partial charge in [0, 0.05) is 6.54 Å². The lowest BCUT2D eigenvalue weighted by molar-refractivity contribution is 0.0955. The van der Waals surface area contributed by atoms with Crippen molar-refractivity contribution in [2.24, 2.45) is 0 Å². The zero-order valence-electron chi connectivity index (χ0n) is 9.70. The van der Waals surface area contributed by atoms with Crippen molar-refractivity contribution in [2.45, 2.75) is 13.3 Å². The molecule has 0 unspecified atom stereocenters. The summed E-state index contributed by atoms with van der Waals surface area (Å²) in [5.74, 6) is -0.266. The molecule has 1 amide bonds. The molecule has 0 spiro atoms. The number of nitrogen functional groups attached to an aromatic ring is 1. The van der Waals surface area contributed by atoms with Crippen LogP contribution in [-0.2, 0) is 0 Å². The summed E-state index contributed by atoms with van der Waals surface area (Å²) in [7, 11) is 0. The first-order chi connectivity index (χ1) is 8.63. The third-order valence-electron chi connectivity index (χ3n) is 2.29. The Morgan fingerprint density at radius 1 is 1.61 bits per heavy atom. The Labute approximate surface area is 113 Å². The molecule has 5 nitrogen and oxygen atoms in total. The van der Waals surface area contributed by atoms with Crippen molar-refractivity contribution in [2.75, 3.05) is 12.3 Å². The second-order valence-electron chi connectivity index (χ2n) is 3.63. The number of carbonyl (C=O) groups is 1. The van der Waals surface area contributed by atoms with Gasteiger partial charge in [-0.3, -0.25) is 4.79 Å². The molecule has 0 radical (unpaired) electrons. The van der Waals surface area contributed by atoms with Gasteiger partial charge in [-0.05, 0) is 18.6 Å². The number of thiophene rings is 1. The van der Waals surface area contributed by atoms with E-state index in [2.05, 4.69) is 10.5 Å². The van der Waals surface area contributed by atoms with Crippen molar-refractivity contribution in [1.82, 2.24) is 10.5 Å². The summed E-state index contributed by atoms with van der Waals surface area (Å²) in [5, 5.41) is 6.56. The van der Waals surface area contributed by atoms with Crippen LogP contribution >= 0.6 is 22.9 Å². The van der Waals surface area contributed by atoms with Crippen LogP contribution in [0, 0.1) is 0 Å². The molecule has 2 rings (SSSR count). The van der Waals surface area contributed by atoms with E-state index in [9.17, 15) is 4.79 Å². The smallest absolute Gasteiger partial charge is 0.259 e. The Morgan fingerprint density at radius 2 is 2.39 bits per heavy atom. The molecule has 96 valence electrons. The highest BCUT2D eigenvalue weighted by Gasteiger charge is 2.23. The molecule has 7 heteroatoms. The van der Waals surface area contributed by atoms with Gasteiger partial charge in [0.25, 0.3) is 5.91 Å². The molecule has 0 aliphatic carbocycles. The van der Waals surface area contributed by atoms with Crippen LogP contribution in [0.15, 0.2) is 16.7 Å². The number of hydrogen-bond acceptors (Lipinski definition) is 5. The number of aromatic nitrogens is 1. The van der Waals surface area contributed by atoms with E-state index in [1.807, 2.05) is 6.92 Å². The Kier molecular flexibility index (Phi) is 3.88. The standard InChI is InChI=1S/C11H12ClN3O2S/c1-2-5-14-11(16)8-9(15-17-10(8)13)6-3-4-7(12)18-6/h3-4H,2,5,13H2,1H3,(H,14,16). The van der Waals surface area contributed by atoms with Gasteiger partial charge in [0.15, 0.2) is 0 Å². The van der Waals surface area contributed by atoms with Crippen molar-refractivity contribution >= 4 is 34.7 Å². The highest BCUT2D eigenvalue weighted by atomic mass is 35.5. The number of halogens is 1. The summed E-state index contributed by atoms with van der Waals surface area (Å²) in [4.78, 5) is 12.7. The first-order valence-corrected chi connectivity index (χ1v) is 6.62. The number of carbonyl (C=O) groups excluding carboxylic acids is 1. The van der Waals surface area contributed by atoms with Crippen molar-refractivity contribution in [3.63, 3.8) is 0 Å². The monoisotopic (exact) mass is 285 g/mol. The zero-order valence-corrected chi connectivity index (χ0v) is 11.3. The van der Waals surface area contributed by atoms with Crippen molar-refractivity contribution < 1.29 is 9.32 Å². The molecule has 0 bridgehead atoms. The Bertz CT molecular complexity index is 564. The lowest BCUT2D eigenvalue weighted by Crippen LogP contribution is -2.24. The minimum absolute atomic E-state index is 0.0168. The van der Waals surface area contributed by atoms with Crippen molar-refractivity contribution in [3.8, 4) is 10.6 Å². The van der Waals surface area contributed by atoms with Gasteiger partial charge in [-0.25, -0.2) is 0 Å². The molecule has 0 saturated carbocycles. The van der Waals surface area contributed by atoms with Crippen LogP contribution in [-0.4, -0.2) is 17.6 Å². The summed E-state index contributed by atoms with van der Waals surface area (Å²) in [6.45, 7) is 2.55. The summed E-state index contributed by atoms with van der Waals surface area (Å²) < 4.78 is 5.51. The van der Waals surface area contributed by atoms with Gasteiger partial charge in [0.2, 0.25) is 5.88 Å². The van der Waals surface area contributed by atoms with Gasteiger partial charge in [-0.2, -0.15) is 0 Å². The Morgan fingerprint density at radius 3 is 3.00 bits per heavy atom. The summed E-state index contributed by atoms with van der Waals surface area (Å²) >= 11 is 7.18. The summed E-state index contributed by atoms with van der Waals surface area (Å²) in [6.07, 6.45) is 0.844. The van der Waals surface area contributed by atoms with E-state index < -0.39 is 0 Å². The highest BCUT2D eigenvalue weighted by molar-refractivity contribution is 7.19. The molecule has 2 heterocycles. The van der Waals surface area contributed by atoms with Gasteiger partial charge >= 0.3 is 0 Å². The number of nitrogens with one attached hydrogen (secondary N) is 1. The minimum atomic E-state index is -0.282. The number of nitrogens with two attached hydrogens (primary N) is 1. The average Bonchev–Trinajstić information content (AvgIpc) is 2.92. The van der Waals surface area contributed by atoms with E-state index in [1.165, 1.54) is 11.3 Å². The summed E-state index contributed by atoms with van der Waals surface area (Å²) in [5.41, 5.74) is 6.33. The van der Waals surface area contributed by atoms with Crippen LogP contribution in [0.25, 0.3) is 10.6 Å². The number of nitrogens with zero attached hydrogens (tertiary/aromatic N) is 1. The molecule has 0 aromatic carbocycles. The highest BCUT2D eigenvalue weighted by Crippen LogP contribution is 2.34. The molecule has 0 aliphatic rings. The van der Waals surface area contributed by atoms with Gasteiger partial charge in [-0.1, -0.05) is 23.7 Å². The van der Waals surface area contributed by atoms with E-state index in [1.54, 1.807) is 12.1 Å². The van der Waals surface area contributed by atoms with Crippen LogP contribution in [0.2, 0.25) is 4.34 Å². The number of amides is 1. The molecular formula is C11H12ClN3O2S. The molecular weight excluding hydrogens is 274 g/mol. The van der Waals surface area contributed by atoms with Gasteiger partial charge in [0.05, 0.1) is 9.21 Å².